The monoisotopic (exact) mass is 395 g/mol. The number of nitrogens with zero attached hydrogens (tertiary/aromatic N) is 6. The van der Waals surface area contributed by atoms with Crippen LogP contribution in [0.15, 0.2) is 58.8 Å². The van der Waals surface area contributed by atoms with Crippen LogP contribution in [0.25, 0.3) is 17.0 Å². The lowest BCUT2D eigenvalue weighted by molar-refractivity contribution is -0.121. The molecular formula is C18H14FN7O3. The maximum Gasteiger partial charge on any atom is 0.287 e. The number of rotatable bonds is 6. The Morgan fingerprint density at radius 1 is 1.24 bits per heavy atom. The molecular weight excluding hydrogens is 381 g/mol. The topological polar surface area (TPSA) is 123 Å². The summed E-state index contributed by atoms with van der Waals surface area (Å²) in [5.41, 5.74) is 1.01. The molecule has 3 heterocycles. The highest BCUT2D eigenvalue weighted by Crippen LogP contribution is 2.19. The van der Waals surface area contributed by atoms with Crippen molar-refractivity contribution in [2.75, 3.05) is 13.2 Å². The molecule has 0 aliphatic carbocycles. The molecule has 11 heteroatoms. The van der Waals surface area contributed by atoms with Gasteiger partial charge in [0, 0.05) is 17.7 Å². The van der Waals surface area contributed by atoms with Crippen molar-refractivity contribution in [1.82, 2.24) is 25.1 Å². The molecule has 0 radical (unpaired) electrons. The van der Waals surface area contributed by atoms with Crippen molar-refractivity contribution in [1.29, 1.82) is 0 Å². The number of aromatic nitrogens is 4. The smallest absolute Gasteiger partial charge is 0.287 e. The van der Waals surface area contributed by atoms with Gasteiger partial charge in [-0.15, -0.1) is 20.4 Å². The summed E-state index contributed by atoms with van der Waals surface area (Å²) in [5, 5.41) is 21.9. The number of azo groups is 1. The van der Waals surface area contributed by atoms with E-state index in [0.717, 1.165) is 0 Å². The average molecular weight is 395 g/mol. The second-order valence-electron chi connectivity index (χ2n) is 5.97. The summed E-state index contributed by atoms with van der Waals surface area (Å²) < 4.78 is 20.5. The van der Waals surface area contributed by atoms with E-state index in [-0.39, 0.29) is 24.8 Å². The number of nitrogens with one attached hydrogen (secondary N) is 1. The zero-order chi connectivity index (χ0) is 20.2. The summed E-state index contributed by atoms with van der Waals surface area (Å²) in [6.45, 7) is 0.347. The molecule has 3 aromatic rings. The predicted molar refractivity (Wildman–Crippen MR) is 97.5 cm³/mol. The Bertz CT molecular complexity index is 1130. The van der Waals surface area contributed by atoms with Gasteiger partial charge in [0.1, 0.15) is 12.4 Å². The van der Waals surface area contributed by atoms with Crippen LogP contribution in [-0.4, -0.2) is 50.8 Å². The first-order valence-electron chi connectivity index (χ1n) is 8.62. The second kappa shape index (κ2) is 7.92. The number of ether oxygens (including phenoxy) is 1. The highest BCUT2D eigenvalue weighted by Gasteiger charge is 2.17. The first-order valence-corrected chi connectivity index (χ1v) is 8.62. The molecule has 0 saturated carbocycles. The maximum absolute atomic E-state index is 13.5. The lowest BCUT2D eigenvalue weighted by Crippen LogP contribution is -2.35. The van der Waals surface area contributed by atoms with Crippen LogP contribution >= 0.6 is 0 Å². The molecule has 1 aliphatic rings. The minimum absolute atomic E-state index is 0.147. The van der Waals surface area contributed by atoms with Crippen molar-refractivity contribution in [3.05, 3.63) is 54.4 Å². The number of benzene rings is 1. The molecule has 29 heavy (non-hydrogen) atoms. The number of amides is 2. The minimum atomic E-state index is -0.826. The van der Waals surface area contributed by atoms with Gasteiger partial charge in [0.15, 0.2) is 17.5 Å². The summed E-state index contributed by atoms with van der Waals surface area (Å²) in [4.78, 5) is 22.9. The Labute approximate surface area is 163 Å². The Kier molecular flexibility index (Phi) is 5.01. The number of carbonyl (C=O) groups excluding carboxylic acids is 2. The molecule has 2 aromatic heterocycles. The van der Waals surface area contributed by atoms with Gasteiger partial charge in [0.2, 0.25) is 5.88 Å². The molecule has 1 aliphatic heterocycles. The van der Waals surface area contributed by atoms with Crippen LogP contribution in [0.3, 0.4) is 0 Å². The number of carbonyl (C=O) groups is 2. The average Bonchev–Trinajstić information content (AvgIpc) is 3.15. The van der Waals surface area contributed by atoms with E-state index in [1.54, 1.807) is 24.3 Å². The third kappa shape index (κ3) is 4.13. The third-order valence-corrected chi connectivity index (χ3v) is 3.94. The summed E-state index contributed by atoms with van der Waals surface area (Å²) in [6, 6.07) is 8.41. The minimum Gasteiger partial charge on any atom is -0.475 e. The Morgan fingerprint density at radius 3 is 2.93 bits per heavy atom. The highest BCUT2D eigenvalue weighted by atomic mass is 19.1. The lowest BCUT2D eigenvalue weighted by atomic mass is 10.2. The van der Waals surface area contributed by atoms with E-state index in [1.807, 2.05) is 0 Å². The SMILES string of the molecule is O=C1C=CC(C(=O)NCCOc2ccc3nnc(-c4cccc(F)c4)n3n2)N=N1. The van der Waals surface area contributed by atoms with E-state index >= 15 is 0 Å². The zero-order valence-electron chi connectivity index (χ0n) is 14.9. The van der Waals surface area contributed by atoms with Crippen LogP contribution in [0.5, 0.6) is 5.88 Å². The molecule has 2 amide bonds. The standard InChI is InChI=1S/C18H14FN7O3/c19-12-3-1-2-11(10-12)17-24-22-14-5-7-16(25-26(14)17)29-9-8-20-18(28)13-4-6-15(27)23-21-13/h1-7,10,13H,8-9H2,(H,20,28). The number of fused-ring (bicyclic) bond motifs is 1. The van der Waals surface area contributed by atoms with Gasteiger partial charge in [-0.25, -0.2) is 4.39 Å². The van der Waals surface area contributed by atoms with Gasteiger partial charge in [0.25, 0.3) is 11.8 Å². The van der Waals surface area contributed by atoms with E-state index in [9.17, 15) is 14.0 Å². The van der Waals surface area contributed by atoms with E-state index < -0.39 is 17.9 Å². The van der Waals surface area contributed by atoms with Crippen LogP contribution in [0.4, 0.5) is 4.39 Å². The summed E-state index contributed by atoms with van der Waals surface area (Å²) >= 11 is 0. The summed E-state index contributed by atoms with van der Waals surface area (Å²) in [5.74, 6) is -0.615. The van der Waals surface area contributed by atoms with Gasteiger partial charge in [-0.3, -0.25) is 9.59 Å². The molecule has 1 N–H and O–H groups in total. The van der Waals surface area contributed by atoms with Gasteiger partial charge in [-0.05, 0) is 24.3 Å². The largest absolute Gasteiger partial charge is 0.475 e. The van der Waals surface area contributed by atoms with Crippen molar-refractivity contribution in [2.45, 2.75) is 6.04 Å². The van der Waals surface area contributed by atoms with Crippen LogP contribution in [0.2, 0.25) is 0 Å². The van der Waals surface area contributed by atoms with Crippen molar-refractivity contribution >= 4 is 17.5 Å². The Hall–Kier alpha value is -4.02. The molecule has 0 saturated heterocycles. The predicted octanol–water partition coefficient (Wildman–Crippen LogP) is 1.34. The van der Waals surface area contributed by atoms with Crippen LogP contribution in [-0.2, 0) is 9.59 Å². The van der Waals surface area contributed by atoms with Gasteiger partial charge >= 0.3 is 0 Å². The van der Waals surface area contributed by atoms with Gasteiger partial charge in [0.05, 0.1) is 6.54 Å². The molecule has 10 nitrogen and oxygen atoms in total. The quantitative estimate of drug-likeness (QED) is 0.629. The third-order valence-electron chi connectivity index (χ3n) is 3.94. The first kappa shape index (κ1) is 18.3. The second-order valence-corrected chi connectivity index (χ2v) is 5.97. The molecule has 146 valence electrons. The normalized spacial score (nSPS) is 15.6. The fourth-order valence-corrected chi connectivity index (χ4v) is 2.60. The maximum atomic E-state index is 13.5. The fourth-order valence-electron chi connectivity index (χ4n) is 2.60. The highest BCUT2D eigenvalue weighted by molar-refractivity contribution is 5.92. The lowest BCUT2D eigenvalue weighted by Gasteiger charge is -2.10. The van der Waals surface area contributed by atoms with Gasteiger partial charge < -0.3 is 10.1 Å². The van der Waals surface area contributed by atoms with Crippen molar-refractivity contribution in [2.24, 2.45) is 10.2 Å². The van der Waals surface area contributed by atoms with Gasteiger partial charge in [-0.2, -0.15) is 9.63 Å². The molecule has 0 spiro atoms. The van der Waals surface area contributed by atoms with Crippen LogP contribution in [0, 0.1) is 5.82 Å². The molecule has 4 rings (SSSR count). The summed E-state index contributed by atoms with van der Waals surface area (Å²) in [6.07, 6.45) is 2.57. The molecule has 0 fully saturated rings. The summed E-state index contributed by atoms with van der Waals surface area (Å²) in [7, 11) is 0. The Balaban J connectivity index is 1.38. The zero-order valence-corrected chi connectivity index (χ0v) is 14.9. The van der Waals surface area contributed by atoms with Crippen molar-refractivity contribution in [3.8, 4) is 17.3 Å². The van der Waals surface area contributed by atoms with Crippen molar-refractivity contribution < 1.29 is 18.7 Å². The fraction of sp³-hybridized carbons (Fsp3) is 0.167. The molecule has 0 bridgehead atoms. The van der Waals surface area contributed by atoms with Crippen LogP contribution < -0.4 is 10.1 Å². The van der Waals surface area contributed by atoms with E-state index in [4.69, 9.17) is 4.74 Å². The molecule has 1 atom stereocenters. The van der Waals surface area contributed by atoms with E-state index in [2.05, 4.69) is 30.8 Å². The first-order chi connectivity index (χ1) is 14.1. The molecule has 1 unspecified atom stereocenters. The van der Waals surface area contributed by atoms with E-state index in [1.165, 1.54) is 28.8 Å². The molecule has 1 aromatic carbocycles. The number of hydrogen-bond donors (Lipinski definition) is 1. The van der Waals surface area contributed by atoms with Crippen molar-refractivity contribution in [3.63, 3.8) is 0 Å². The number of hydrogen-bond acceptors (Lipinski definition) is 7. The van der Waals surface area contributed by atoms with Gasteiger partial charge in [-0.1, -0.05) is 12.1 Å². The Morgan fingerprint density at radius 2 is 2.14 bits per heavy atom. The van der Waals surface area contributed by atoms with Crippen LogP contribution in [0.1, 0.15) is 0 Å². The van der Waals surface area contributed by atoms with E-state index in [0.29, 0.717) is 17.0 Å². The number of halogens is 1.